The van der Waals surface area contributed by atoms with Crippen molar-refractivity contribution < 1.29 is 9.53 Å². The minimum absolute atomic E-state index is 0.0342. The summed E-state index contributed by atoms with van der Waals surface area (Å²) in [5.74, 6) is 1.71. The van der Waals surface area contributed by atoms with Gasteiger partial charge in [-0.25, -0.2) is 0 Å². The summed E-state index contributed by atoms with van der Waals surface area (Å²) < 4.78 is 7.50. The number of hydrogen-bond donors (Lipinski definition) is 1. The number of nitrogens with one attached hydrogen (secondary N) is 1. The highest BCUT2D eigenvalue weighted by Gasteiger charge is 2.21. The number of carbonyl (C=O) groups is 1. The third-order valence-electron chi connectivity index (χ3n) is 5.20. The minimum atomic E-state index is 0.0342. The van der Waals surface area contributed by atoms with E-state index in [2.05, 4.69) is 20.5 Å². The van der Waals surface area contributed by atoms with Gasteiger partial charge in [-0.1, -0.05) is 43.2 Å². The van der Waals surface area contributed by atoms with Gasteiger partial charge < -0.3 is 10.1 Å². The molecule has 1 aromatic carbocycles. The summed E-state index contributed by atoms with van der Waals surface area (Å²) in [6.45, 7) is 0. The molecule has 0 spiro atoms. The smallest absolute Gasteiger partial charge is 0.230 e. The molecule has 1 amide bonds. The van der Waals surface area contributed by atoms with Gasteiger partial charge in [-0.05, 0) is 37.1 Å². The van der Waals surface area contributed by atoms with Crippen molar-refractivity contribution >= 4 is 17.7 Å². The molecule has 1 saturated carbocycles. The number of hydrogen-bond acceptors (Lipinski definition) is 6. The zero-order chi connectivity index (χ0) is 20.8. The second kappa shape index (κ2) is 9.75. The molecule has 0 aliphatic heterocycles. The van der Waals surface area contributed by atoms with E-state index < -0.39 is 0 Å². The fourth-order valence-corrected chi connectivity index (χ4v) is 4.49. The highest BCUT2D eigenvalue weighted by atomic mass is 32.2. The van der Waals surface area contributed by atoms with E-state index in [1.807, 2.05) is 41.0 Å². The van der Waals surface area contributed by atoms with Crippen molar-refractivity contribution in [2.45, 2.75) is 43.3 Å². The lowest BCUT2D eigenvalue weighted by molar-refractivity contribution is -0.119. The minimum Gasteiger partial charge on any atom is -0.495 e. The number of carbonyl (C=O) groups excluding carboxylic acids is 1. The third-order valence-corrected chi connectivity index (χ3v) is 6.13. The van der Waals surface area contributed by atoms with Gasteiger partial charge in [0.25, 0.3) is 0 Å². The summed E-state index contributed by atoms with van der Waals surface area (Å²) >= 11 is 1.38. The lowest BCUT2D eigenvalue weighted by Crippen LogP contribution is -2.37. The highest BCUT2D eigenvalue weighted by Crippen LogP contribution is 2.32. The van der Waals surface area contributed by atoms with Crippen LogP contribution >= 0.6 is 11.8 Å². The number of para-hydroxylation sites is 2. The number of rotatable bonds is 7. The molecular weight excluding hydrogens is 398 g/mol. The summed E-state index contributed by atoms with van der Waals surface area (Å²) in [6, 6.07) is 11.8. The molecule has 8 heteroatoms. The fourth-order valence-electron chi connectivity index (χ4n) is 3.73. The van der Waals surface area contributed by atoms with Gasteiger partial charge in [-0.2, -0.15) is 0 Å². The number of pyridine rings is 1. The van der Waals surface area contributed by atoms with E-state index in [1.165, 1.54) is 31.0 Å². The first-order valence-corrected chi connectivity index (χ1v) is 11.2. The van der Waals surface area contributed by atoms with E-state index in [-0.39, 0.29) is 5.91 Å². The van der Waals surface area contributed by atoms with Gasteiger partial charge in [0.2, 0.25) is 5.91 Å². The van der Waals surface area contributed by atoms with E-state index >= 15 is 0 Å². The second-order valence-electron chi connectivity index (χ2n) is 7.24. The van der Waals surface area contributed by atoms with Crippen molar-refractivity contribution in [2.24, 2.45) is 0 Å². The van der Waals surface area contributed by atoms with Crippen LogP contribution in [0.15, 0.2) is 53.9 Å². The predicted octanol–water partition coefficient (Wildman–Crippen LogP) is 3.88. The molecule has 3 aromatic rings. The number of methoxy groups -OCH3 is 1. The summed E-state index contributed by atoms with van der Waals surface area (Å²) in [7, 11) is 1.64. The molecule has 156 valence electrons. The SMILES string of the molecule is COc1ccccc1-n1c(SCC(=O)NC2CCCCC2)nnc1-c1ccncc1. The molecule has 0 bridgehead atoms. The van der Waals surface area contributed by atoms with Crippen molar-refractivity contribution in [2.75, 3.05) is 12.9 Å². The average Bonchev–Trinajstić information content (AvgIpc) is 3.22. The first-order chi connectivity index (χ1) is 14.8. The quantitative estimate of drug-likeness (QED) is 0.581. The van der Waals surface area contributed by atoms with Crippen LogP contribution in [0.4, 0.5) is 0 Å². The average molecular weight is 424 g/mol. The Bertz CT molecular complexity index is 986. The molecule has 0 unspecified atom stereocenters. The van der Waals surface area contributed by atoms with E-state index in [0.717, 1.165) is 24.1 Å². The zero-order valence-electron chi connectivity index (χ0n) is 17.0. The van der Waals surface area contributed by atoms with Crippen LogP contribution in [-0.4, -0.2) is 44.6 Å². The first kappa shape index (κ1) is 20.4. The maximum atomic E-state index is 12.5. The Morgan fingerprint density at radius 3 is 2.67 bits per heavy atom. The van der Waals surface area contributed by atoms with E-state index in [0.29, 0.717) is 28.5 Å². The molecule has 2 aromatic heterocycles. The van der Waals surface area contributed by atoms with Gasteiger partial charge in [-0.15, -0.1) is 10.2 Å². The van der Waals surface area contributed by atoms with Gasteiger partial charge in [-0.3, -0.25) is 14.3 Å². The summed E-state index contributed by atoms with van der Waals surface area (Å²) in [5.41, 5.74) is 1.72. The summed E-state index contributed by atoms with van der Waals surface area (Å²) in [4.78, 5) is 16.6. The van der Waals surface area contributed by atoms with Crippen LogP contribution in [0.3, 0.4) is 0 Å². The predicted molar refractivity (Wildman–Crippen MR) is 117 cm³/mol. The normalized spacial score (nSPS) is 14.4. The molecule has 4 rings (SSSR count). The monoisotopic (exact) mass is 423 g/mol. The van der Waals surface area contributed by atoms with Gasteiger partial charge in [0.1, 0.15) is 5.75 Å². The molecule has 2 heterocycles. The maximum absolute atomic E-state index is 12.5. The topological polar surface area (TPSA) is 81.9 Å². The molecule has 1 N–H and O–H groups in total. The number of aromatic nitrogens is 4. The van der Waals surface area contributed by atoms with Gasteiger partial charge >= 0.3 is 0 Å². The zero-order valence-corrected chi connectivity index (χ0v) is 17.8. The first-order valence-electron chi connectivity index (χ1n) is 10.2. The molecule has 1 aliphatic rings. The van der Waals surface area contributed by atoms with Crippen LogP contribution in [-0.2, 0) is 4.79 Å². The largest absolute Gasteiger partial charge is 0.495 e. The van der Waals surface area contributed by atoms with Crippen molar-refractivity contribution in [1.29, 1.82) is 0 Å². The Kier molecular flexibility index (Phi) is 6.63. The standard InChI is InChI=1S/C22H25N5O2S/c1-29-19-10-6-5-9-18(19)27-21(16-11-13-23-14-12-16)25-26-22(27)30-15-20(28)24-17-7-3-2-4-8-17/h5-6,9-14,17H,2-4,7-8,15H2,1H3,(H,24,28). The van der Waals surface area contributed by atoms with Crippen LogP contribution in [0.2, 0.25) is 0 Å². The van der Waals surface area contributed by atoms with Crippen LogP contribution < -0.4 is 10.1 Å². The van der Waals surface area contributed by atoms with Crippen LogP contribution in [0.25, 0.3) is 17.1 Å². The molecule has 1 aliphatic carbocycles. The van der Waals surface area contributed by atoms with E-state index in [1.54, 1.807) is 19.5 Å². The van der Waals surface area contributed by atoms with Crippen molar-refractivity contribution in [3.05, 3.63) is 48.8 Å². The van der Waals surface area contributed by atoms with Gasteiger partial charge in [0.15, 0.2) is 11.0 Å². The highest BCUT2D eigenvalue weighted by molar-refractivity contribution is 7.99. The lowest BCUT2D eigenvalue weighted by atomic mass is 9.95. The van der Waals surface area contributed by atoms with Gasteiger partial charge in [0, 0.05) is 24.0 Å². The number of amides is 1. The third kappa shape index (κ3) is 4.64. The summed E-state index contributed by atoms with van der Waals surface area (Å²) in [6.07, 6.45) is 9.23. The van der Waals surface area contributed by atoms with Gasteiger partial charge in [0.05, 0.1) is 18.6 Å². The number of thioether (sulfide) groups is 1. The Labute approximate surface area is 180 Å². The molecule has 30 heavy (non-hydrogen) atoms. The van der Waals surface area contributed by atoms with Crippen molar-refractivity contribution in [1.82, 2.24) is 25.1 Å². The molecule has 7 nitrogen and oxygen atoms in total. The van der Waals surface area contributed by atoms with E-state index in [9.17, 15) is 4.79 Å². The Morgan fingerprint density at radius 1 is 1.13 bits per heavy atom. The number of benzene rings is 1. The second-order valence-corrected chi connectivity index (χ2v) is 8.18. The molecular formula is C22H25N5O2S. The van der Waals surface area contributed by atoms with Crippen LogP contribution in [0, 0.1) is 0 Å². The number of ether oxygens (including phenoxy) is 1. The van der Waals surface area contributed by atoms with Crippen molar-refractivity contribution in [3.8, 4) is 22.8 Å². The summed E-state index contributed by atoms with van der Waals surface area (Å²) in [5, 5.41) is 12.6. The van der Waals surface area contributed by atoms with E-state index in [4.69, 9.17) is 4.74 Å². The lowest BCUT2D eigenvalue weighted by Gasteiger charge is -2.22. The van der Waals surface area contributed by atoms with Crippen LogP contribution in [0.5, 0.6) is 5.75 Å². The molecule has 1 fully saturated rings. The molecule has 0 atom stereocenters. The molecule has 0 radical (unpaired) electrons. The Balaban J connectivity index is 1.60. The Hall–Kier alpha value is -2.87. The maximum Gasteiger partial charge on any atom is 0.230 e. The molecule has 0 saturated heterocycles. The Morgan fingerprint density at radius 2 is 1.90 bits per heavy atom. The number of nitrogens with zero attached hydrogens (tertiary/aromatic N) is 4. The van der Waals surface area contributed by atoms with Crippen LogP contribution in [0.1, 0.15) is 32.1 Å². The van der Waals surface area contributed by atoms with Crippen molar-refractivity contribution in [3.63, 3.8) is 0 Å². The fraction of sp³-hybridized carbons (Fsp3) is 0.364.